The molecule has 102 valence electrons. The van der Waals surface area contributed by atoms with Gasteiger partial charge in [0.25, 0.3) is 0 Å². The fourth-order valence-corrected chi connectivity index (χ4v) is 1.89. The van der Waals surface area contributed by atoms with Gasteiger partial charge in [0.1, 0.15) is 0 Å². The first-order valence-corrected chi connectivity index (χ1v) is 6.14. The van der Waals surface area contributed by atoms with Gasteiger partial charge in [0, 0.05) is 24.3 Å². The molecule has 6 heteroatoms. The summed E-state index contributed by atoms with van der Waals surface area (Å²) in [6.07, 6.45) is 0. The Hall–Kier alpha value is -1.53. The van der Waals surface area contributed by atoms with Crippen molar-refractivity contribution in [2.75, 3.05) is 26.1 Å². The molecule has 0 unspecified atom stereocenters. The van der Waals surface area contributed by atoms with E-state index >= 15 is 0 Å². The first-order valence-electron chi connectivity index (χ1n) is 6.14. The third-order valence-corrected chi connectivity index (χ3v) is 3.01. The number of esters is 1. The lowest BCUT2D eigenvalue weighted by Crippen LogP contribution is -2.47. The minimum absolute atomic E-state index is 0.00941. The smallest absolute Gasteiger partial charge is 0.465 e. The first-order chi connectivity index (χ1) is 8.93. The number of ether oxygens (including phenoxy) is 1. The molecule has 0 spiro atoms. The molecule has 1 fully saturated rings. The summed E-state index contributed by atoms with van der Waals surface area (Å²) in [5, 5.41) is 0. The van der Waals surface area contributed by atoms with Gasteiger partial charge in [-0.1, -0.05) is 19.9 Å². The van der Waals surface area contributed by atoms with Crippen LogP contribution in [0.1, 0.15) is 24.2 Å². The number of carbonyl (C=O) groups is 1. The second-order valence-electron chi connectivity index (χ2n) is 5.46. The molecule has 0 radical (unpaired) electrons. The molecule has 0 bridgehead atoms. The van der Waals surface area contributed by atoms with Crippen molar-refractivity contribution in [2.45, 2.75) is 13.8 Å². The molecule has 19 heavy (non-hydrogen) atoms. The van der Waals surface area contributed by atoms with Gasteiger partial charge in [0.2, 0.25) is 0 Å². The summed E-state index contributed by atoms with van der Waals surface area (Å²) < 4.78 is 16.0. The number of nitrogen functional groups attached to an aromatic ring is 1. The zero-order valence-corrected chi connectivity index (χ0v) is 11.4. The van der Waals surface area contributed by atoms with E-state index in [0.29, 0.717) is 24.5 Å². The number of rotatable bonds is 2. The van der Waals surface area contributed by atoms with Crippen molar-refractivity contribution in [3.63, 3.8) is 0 Å². The molecular formula is C13H18BNO4. The molecule has 1 aliphatic heterocycles. The minimum Gasteiger partial charge on any atom is -0.465 e. The van der Waals surface area contributed by atoms with Crippen LogP contribution in [-0.4, -0.2) is 33.4 Å². The maximum Gasteiger partial charge on any atom is 0.493 e. The molecule has 0 aliphatic carbocycles. The zero-order valence-electron chi connectivity index (χ0n) is 11.4. The second-order valence-corrected chi connectivity index (χ2v) is 5.46. The van der Waals surface area contributed by atoms with E-state index in [1.54, 1.807) is 18.2 Å². The summed E-state index contributed by atoms with van der Waals surface area (Å²) in [6.45, 7) is 5.36. The Morgan fingerprint density at radius 1 is 1.37 bits per heavy atom. The molecule has 1 heterocycles. The van der Waals surface area contributed by atoms with Crippen LogP contribution >= 0.6 is 0 Å². The number of benzene rings is 1. The van der Waals surface area contributed by atoms with Gasteiger partial charge in [-0.25, -0.2) is 4.79 Å². The van der Waals surface area contributed by atoms with Crippen LogP contribution < -0.4 is 11.2 Å². The van der Waals surface area contributed by atoms with E-state index in [1.807, 2.05) is 0 Å². The van der Waals surface area contributed by atoms with Gasteiger partial charge < -0.3 is 19.8 Å². The highest BCUT2D eigenvalue weighted by Crippen LogP contribution is 2.22. The van der Waals surface area contributed by atoms with Gasteiger partial charge in [-0.05, 0) is 17.6 Å². The van der Waals surface area contributed by atoms with Crippen LogP contribution in [-0.2, 0) is 14.0 Å². The number of hydrogen-bond acceptors (Lipinski definition) is 5. The number of carbonyl (C=O) groups excluding carboxylic acids is 1. The SMILES string of the molecule is COC(=O)c1cc(B2OCC(C)(C)CO2)ccc1N. The number of anilines is 1. The van der Waals surface area contributed by atoms with Crippen molar-refractivity contribution in [1.82, 2.24) is 0 Å². The first kappa shape index (κ1) is 13.9. The predicted octanol–water partition coefficient (Wildman–Crippen LogP) is 0.824. The highest BCUT2D eigenvalue weighted by Gasteiger charge is 2.33. The molecule has 1 saturated heterocycles. The van der Waals surface area contributed by atoms with Crippen LogP contribution in [0.5, 0.6) is 0 Å². The number of methoxy groups -OCH3 is 1. The molecule has 2 rings (SSSR count). The highest BCUT2D eigenvalue weighted by molar-refractivity contribution is 6.61. The fraction of sp³-hybridized carbons (Fsp3) is 0.462. The maximum atomic E-state index is 11.6. The Morgan fingerprint density at radius 2 is 2.00 bits per heavy atom. The van der Waals surface area contributed by atoms with Gasteiger partial charge in [-0.15, -0.1) is 0 Å². The van der Waals surface area contributed by atoms with E-state index in [-0.39, 0.29) is 5.41 Å². The van der Waals surface area contributed by atoms with Crippen molar-refractivity contribution in [2.24, 2.45) is 5.41 Å². The van der Waals surface area contributed by atoms with Crippen molar-refractivity contribution >= 4 is 24.2 Å². The van der Waals surface area contributed by atoms with Gasteiger partial charge >= 0.3 is 13.1 Å². The topological polar surface area (TPSA) is 70.8 Å². The normalized spacial score (nSPS) is 18.2. The third-order valence-electron chi connectivity index (χ3n) is 3.01. The molecular weight excluding hydrogens is 245 g/mol. The molecule has 0 amide bonds. The molecule has 0 atom stereocenters. The number of nitrogens with two attached hydrogens (primary N) is 1. The molecule has 1 aromatic rings. The quantitative estimate of drug-likeness (QED) is 0.486. The third kappa shape index (κ3) is 3.08. The van der Waals surface area contributed by atoms with Gasteiger partial charge in [0.05, 0.1) is 12.7 Å². The van der Waals surface area contributed by atoms with Crippen LogP contribution in [0.4, 0.5) is 5.69 Å². The van der Waals surface area contributed by atoms with Crippen molar-refractivity contribution in [3.05, 3.63) is 23.8 Å². The van der Waals surface area contributed by atoms with E-state index in [9.17, 15) is 4.79 Å². The fourth-order valence-electron chi connectivity index (χ4n) is 1.89. The van der Waals surface area contributed by atoms with Crippen molar-refractivity contribution < 1.29 is 18.8 Å². The van der Waals surface area contributed by atoms with Gasteiger partial charge in [-0.3, -0.25) is 0 Å². The Balaban J connectivity index is 2.20. The maximum absolute atomic E-state index is 11.6. The minimum atomic E-state index is -0.463. The Morgan fingerprint density at radius 3 is 2.58 bits per heavy atom. The summed E-state index contributed by atoms with van der Waals surface area (Å²) in [7, 11) is 0.863. The second kappa shape index (κ2) is 5.23. The lowest BCUT2D eigenvalue weighted by atomic mass is 9.75. The van der Waals surface area contributed by atoms with Crippen LogP contribution in [0.2, 0.25) is 0 Å². The van der Waals surface area contributed by atoms with E-state index < -0.39 is 13.1 Å². The van der Waals surface area contributed by atoms with Crippen LogP contribution in [0, 0.1) is 5.41 Å². The summed E-state index contributed by atoms with van der Waals surface area (Å²) in [6, 6.07) is 5.11. The van der Waals surface area contributed by atoms with Crippen LogP contribution in [0.25, 0.3) is 0 Å². The molecule has 1 aromatic carbocycles. The van der Waals surface area contributed by atoms with E-state index in [0.717, 1.165) is 5.46 Å². The predicted molar refractivity (Wildman–Crippen MR) is 73.3 cm³/mol. The van der Waals surface area contributed by atoms with Gasteiger partial charge in [-0.2, -0.15) is 0 Å². The molecule has 0 aromatic heterocycles. The average molecular weight is 263 g/mol. The standard InChI is InChI=1S/C13H18BNO4/c1-13(2)7-18-14(19-8-13)9-4-5-11(15)10(6-9)12(16)17-3/h4-6H,7-8,15H2,1-3H3. The Kier molecular flexibility index (Phi) is 3.82. The molecule has 5 nitrogen and oxygen atoms in total. The average Bonchev–Trinajstić information content (AvgIpc) is 2.39. The zero-order chi connectivity index (χ0) is 14.0. The molecule has 2 N–H and O–H groups in total. The van der Waals surface area contributed by atoms with Gasteiger partial charge in [0.15, 0.2) is 0 Å². The monoisotopic (exact) mass is 263 g/mol. The van der Waals surface area contributed by atoms with Crippen molar-refractivity contribution in [3.8, 4) is 0 Å². The lowest BCUT2D eigenvalue weighted by Gasteiger charge is -2.33. The summed E-state index contributed by atoms with van der Waals surface area (Å²) in [5.41, 5.74) is 7.25. The molecule has 0 saturated carbocycles. The molecule has 1 aliphatic rings. The Labute approximate surface area is 113 Å². The van der Waals surface area contributed by atoms with E-state index in [2.05, 4.69) is 13.8 Å². The summed E-state index contributed by atoms with van der Waals surface area (Å²) in [4.78, 5) is 11.6. The Bertz CT molecular complexity index is 480. The number of hydrogen-bond donors (Lipinski definition) is 1. The lowest BCUT2D eigenvalue weighted by molar-refractivity contribution is 0.0343. The summed E-state index contributed by atoms with van der Waals surface area (Å²) in [5.74, 6) is -0.463. The van der Waals surface area contributed by atoms with Crippen molar-refractivity contribution in [1.29, 1.82) is 0 Å². The summed E-state index contributed by atoms with van der Waals surface area (Å²) >= 11 is 0. The van der Waals surface area contributed by atoms with E-state index in [4.69, 9.17) is 19.8 Å². The largest absolute Gasteiger partial charge is 0.493 e. The highest BCUT2D eigenvalue weighted by atomic mass is 16.6. The van der Waals surface area contributed by atoms with Crippen LogP contribution in [0.3, 0.4) is 0 Å². The van der Waals surface area contributed by atoms with Crippen LogP contribution in [0.15, 0.2) is 18.2 Å². The van der Waals surface area contributed by atoms with E-state index in [1.165, 1.54) is 7.11 Å².